The van der Waals surface area contributed by atoms with E-state index >= 15 is 0 Å². The first-order valence-electron chi connectivity index (χ1n) is 9.98. The average molecular weight is 428 g/mol. The Bertz CT molecular complexity index is 983. The second kappa shape index (κ2) is 8.81. The fraction of sp³-hybridized carbons (Fsp3) is 0.409. The number of hydrogen-bond donors (Lipinski definition) is 0. The number of aromatic nitrogens is 1. The van der Waals surface area contributed by atoms with Crippen LogP contribution in [0.2, 0.25) is 0 Å². The van der Waals surface area contributed by atoms with Gasteiger partial charge < -0.3 is 9.64 Å². The number of anilines is 1. The summed E-state index contributed by atoms with van der Waals surface area (Å²) in [4.78, 5) is 22.6. The molecule has 0 N–H and O–H groups in total. The molecule has 0 saturated carbocycles. The van der Waals surface area contributed by atoms with Crippen LogP contribution in [0.3, 0.4) is 0 Å². The van der Waals surface area contributed by atoms with Crippen LogP contribution in [0.4, 0.5) is 5.82 Å². The first-order valence-corrected chi connectivity index (χ1v) is 11.2. The third kappa shape index (κ3) is 4.17. The highest BCUT2D eigenvalue weighted by molar-refractivity contribution is 8.26. The molecule has 1 aromatic heterocycles. The Balaban J connectivity index is 1.76. The third-order valence-corrected chi connectivity index (χ3v) is 6.77. The number of rotatable bonds is 5. The molecule has 2 aromatic rings. The van der Waals surface area contributed by atoms with E-state index in [4.69, 9.17) is 21.9 Å². The van der Waals surface area contributed by atoms with Crippen LogP contribution < -0.4 is 4.90 Å². The van der Waals surface area contributed by atoms with Crippen molar-refractivity contribution in [3.63, 3.8) is 0 Å². The van der Waals surface area contributed by atoms with Crippen LogP contribution in [-0.2, 0) is 9.53 Å². The van der Waals surface area contributed by atoms with Crippen LogP contribution in [0.25, 0.3) is 17.0 Å². The minimum atomic E-state index is -0.0500. The van der Waals surface area contributed by atoms with Crippen molar-refractivity contribution in [3.8, 4) is 0 Å². The van der Waals surface area contributed by atoms with E-state index in [0.717, 1.165) is 40.9 Å². The maximum atomic E-state index is 12.9. The second-order valence-corrected chi connectivity index (χ2v) is 9.10. The second-order valence-electron chi connectivity index (χ2n) is 7.42. The maximum Gasteiger partial charge on any atom is 0.266 e. The number of aryl methyl sites for hydroxylation is 1. The zero-order valence-corrected chi connectivity index (χ0v) is 18.4. The Labute approximate surface area is 181 Å². The summed E-state index contributed by atoms with van der Waals surface area (Å²) in [7, 11) is 1.63. The molecule has 0 atom stereocenters. The number of carbonyl (C=O) groups excluding carboxylic acids is 1. The highest BCUT2D eigenvalue weighted by Crippen LogP contribution is 2.35. The lowest BCUT2D eigenvalue weighted by molar-refractivity contribution is -0.122. The van der Waals surface area contributed by atoms with Crippen molar-refractivity contribution in [1.29, 1.82) is 0 Å². The number of methoxy groups -OCH3 is 1. The van der Waals surface area contributed by atoms with E-state index in [1.165, 1.54) is 31.0 Å². The summed E-state index contributed by atoms with van der Waals surface area (Å²) < 4.78 is 5.70. The molecule has 0 aliphatic carbocycles. The smallest absolute Gasteiger partial charge is 0.266 e. The molecule has 2 saturated heterocycles. The molecule has 0 spiro atoms. The van der Waals surface area contributed by atoms with Crippen molar-refractivity contribution in [2.45, 2.75) is 26.2 Å². The molecule has 7 heteroatoms. The van der Waals surface area contributed by atoms with Gasteiger partial charge in [-0.2, -0.15) is 0 Å². The quantitative estimate of drug-likeness (QED) is 0.521. The molecule has 152 valence electrons. The Morgan fingerprint density at radius 1 is 1.28 bits per heavy atom. The van der Waals surface area contributed by atoms with Crippen molar-refractivity contribution in [3.05, 3.63) is 40.3 Å². The van der Waals surface area contributed by atoms with Crippen molar-refractivity contribution >= 4 is 57.0 Å². The Kier molecular flexibility index (Phi) is 6.18. The zero-order chi connectivity index (χ0) is 20.4. The van der Waals surface area contributed by atoms with Crippen LogP contribution in [0, 0.1) is 6.92 Å². The summed E-state index contributed by atoms with van der Waals surface area (Å²) in [5.41, 5.74) is 3.17. The SMILES string of the molecule is COCCN1C(=O)/C(=C/c2cc3cccc(C)c3nc2N2CCCCC2)SC1=S. The molecule has 0 radical (unpaired) electrons. The molecule has 0 bridgehead atoms. The lowest BCUT2D eigenvalue weighted by Gasteiger charge is -2.29. The van der Waals surface area contributed by atoms with Crippen molar-refractivity contribution in [2.75, 3.05) is 38.3 Å². The van der Waals surface area contributed by atoms with Gasteiger partial charge in [0.15, 0.2) is 0 Å². The van der Waals surface area contributed by atoms with E-state index in [2.05, 4.69) is 30.0 Å². The minimum Gasteiger partial charge on any atom is -0.383 e. The molecule has 1 aromatic carbocycles. The number of para-hydroxylation sites is 1. The highest BCUT2D eigenvalue weighted by atomic mass is 32.2. The van der Waals surface area contributed by atoms with Crippen molar-refractivity contribution in [2.24, 2.45) is 0 Å². The van der Waals surface area contributed by atoms with E-state index in [1.807, 2.05) is 12.1 Å². The first kappa shape index (κ1) is 20.3. The van der Waals surface area contributed by atoms with E-state index in [9.17, 15) is 4.79 Å². The number of amides is 1. The number of thioether (sulfide) groups is 1. The summed E-state index contributed by atoms with van der Waals surface area (Å²) in [6.07, 6.45) is 5.57. The molecule has 0 unspecified atom stereocenters. The minimum absolute atomic E-state index is 0.0500. The van der Waals surface area contributed by atoms with Crippen LogP contribution in [0.5, 0.6) is 0 Å². The van der Waals surface area contributed by atoms with Gasteiger partial charge in [-0.3, -0.25) is 9.69 Å². The normalized spacial score (nSPS) is 19.0. The topological polar surface area (TPSA) is 45.7 Å². The van der Waals surface area contributed by atoms with Gasteiger partial charge in [0.25, 0.3) is 5.91 Å². The molecule has 2 aliphatic rings. The van der Waals surface area contributed by atoms with Gasteiger partial charge in [-0.15, -0.1) is 0 Å². The van der Waals surface area contributed by atoms with Crippen molar-refractivity contribution in [1.82, 2.24) is 9.88 Å². The van der Waals surface area contributed by atoms with Gasteiger partial charge in [-0.25, -0.2) is 4.98 Å². The Morgan fingerprint density at radius 2 is 2.07 bits per heavy atom. The molecule has 2 fully saturated rings. The largest absolute Gasteiger partial charge is 0.383 e. The number of thiocarbonyl (C=S) groups is 1. The first-order chi connectivity index (χ1) is 14.1. The number of fused-ring (bicyclic) bond motifs is 1. The molecular formula is C22H25N3O2S2. The lowest BCUT2D eigenvalue weighted by atomic mass is 10.1. The van der Waals surface area contributed by atoms with Gasteiger partial charge >= 0.3 is 0 Å². The number of nitrogens with zero attached hydrogens (tertiary/aromatic N) is 3. The lowest BCUT2D eigenvalue weighted by Crippen LogP contribution is -2.31. The number of piperidine rings is 1. The molecular weight excluding hydrogens is 402 g/mol. The van der Waals surface area contributed by atoms with Crippen LogP contribution in [-0.4, -0.2) is 53.5 Å². The highest BCUT2D eigenvalue weighted by Gasteiger charge is 2.32. The van der Waals surface area contributed by atoms with Crippen molar-refractivity contribution < 1.29 is 9.53 Å². The maximum absolute atomic E-state index is 12.9. The number of carbonyl (C=O) groups is 1. The number of pyridine rings is 1. The van der Waals surface area contributed by atoms with Crippen LogP contribution in [0.15, 0.2) is 29.2 Å². The third-order valence-electron chi connectivity index (χ3n) is 5.39. The summed E-state index contributed by atoms with van der Waals surface area (Å²) in [5.74, 6) is 0.916. The number of ether oxygens (including phenoxy) is 1. The molecule has 29 heavy (non-hydrogen) atoms. The Morgan fingerprint density at radius 3 is 2.83 bits per heavy atom. The number of benzene rings is 1. The molecule has 1 amide bonds. The predicted octanol–water partition coefficient (Wildman–Crippen LogP) is 4.38. The monoisotopic (exact) mass is 427 g/mol. The Hall–Kier alpha value is -1.96. The predicted molar refractivity (Wildman–Crippen MR) is 124 cm³/mol. The van der Waals surface area contributed by atoms with Crippen LogP contribution in [0.1, 0.15) is 30.4 Å². The van der Waals surface area contributed by atoms with Gasteiger partial charge in [0.05, 0.1) is 23.6 Å². The molecule has 5 nitrogen and oxygen atoms in total. The van der Waals surface area contributed by atoms with Gasteiger partial charge in [0.1, 0.15) is 10.1 Å². The van der Waals surface area contributed by atoms with E-state index in [1.54, 1.807) is 12.0 Å². The van der Waals surface area contributed by atoms with Gasteiger partial charge in [-0.1, -0.05) is 42.2 Å². The van der Waals surface area contributed by atoms with Crippen LogP contribution >= 0.6 is 24.0 Å². The fourth-order valence-corrected chi connectivity index (χ4v) is 5.13. The summed E-state index contributed by atoms with van der Waals surface area (Å²) in [6.45, 7) is 5.04. The molecule has 2 aliphatic heterocycles. The standard InChI is InChI=1S/C22H25N3O2S2/c1-15-7-6-8-16-13-17(20(23-19(15)16)24-9-4-3-5-10-24)14-18-21(26)25(11-12-27-2)22(28)29-18/h6-8,13-14H,3-5,9-12H2,1-2H3/b18-14-. The number of hydrogen-bond acceptors (Lipinski definition) is 6. The van der Waals surface area contributed by atoms with Gasteiger partial charge in [0, 0.05) is 31.1 Å². The van der Waals surface area contributed by atoms with Gasteiger partial charge in [0.2, 0.25) is 0 Å². The zero-order valence-electron chi connectivity index (χ0n) is 16.8. The summed E-state index contributed by atoms with van der Waals surface area (Å²) in [5, 5.41) is 1.09. The van der Waals surface area contributed by atoms with Gasteiger partial charge in [-0.05, 0) is 43.9 Å². The average Bonchev–Trinajstić information content (AvgIpc) is 2.99. The fourth-order valence-electron chi connectivity index (χ4n) is 3.84. The molecule has 3 heterocycles. The molecule has 4 rings (SSSR count). The van der Waals surface area contributed by atoms with E-state index in [-0.39, 0.29) is 5.91 Å². The summed E-state index contributed by atoms with van der Waals surface area (Å²) >= 11 is 6.78. The summed E-state index contributed by atoms with van der Waals surface area (Å²) in [6, 6.07) is 8.38. The van der Waals surface area contributed by atoms with E-state index < -0.39 is 0 Å². The van der Waals surface area contributed by atoms with E-state index in [0.29, 0.717) is 22.4 Å².